The lowest BCUT2D eigenvalue weighted by Gasteiger charge is -2.34. The van der Waals surface area contributed by atoms with Gasteiger partial charge in [0, 0.05) is 28.2 Å². The summed E-state index contributed by atoms with van der Waals surface area (Å²) in [5.74, 6) is -1.17. The van der Waals surface area contributed by atoms with Crippen molar-refractivity contribution in [3.8, 4) is 5.75 Å². The lowest BCUT2D eigenvalue weighted by Crippen LogP contribution is -2.53. The van der Waals surface area contributed by atoms with Gasteiger partial charge in [-0.3, -0.25) is 13.9 Å². The minimum absolute atomic E-state index is 0.0662. The fraction of sp³-hybridized carbons (Fsp3) is 0.355. The minimum atomic E-state index is -4.34. The second kappa shape index (κ2) is 15.4. The maximum absolute atomic E-state index is 14.2. The van der Waals surface area contributed by atoms with Gasteiger partial charge in [0.25, 0.3) is 10.0 Å². The second-order valence-electron chi connectivity index (χ2n) is 9.86. The van der Waals surface area contributed by atoms with E-state index in [0.29, 0.717) is 34.4 Å². The van der Waals surface area contributed by atoms with Gasteiger partial charge in [-0.25, -0.2) is 12.8 Å². The van der Waals surface area contributed by atoms with Gasteiger partial charge in [0.05, 0.1) is 17.2 Å². The Morgan fingerprint density at radius 1 is 0.930 bits per heavy atom. The number of ether oxygens (including phenoxy) is 1. The van der Waals surface area contributed by atoms with E-state index in [1.165, 1.54) is 41.3 Å². The summed E-state index contributed by atoms with van der Waals surface area (Å²) in [4.78, 5) is 28.7. The number of sulfonamides is 1. The lowest BCUT2D eigenvalue weighted by molar-refractivity contribution is -0.140. The van der Waals surface area contributed by atoms with Crippen LogP contribution in [-0.2, 0) is 26.2 Å². The molecular formula is C31H36Cl2FN3O5S. The van der Waals surface area contributed by atoms with E-state index in [4.69, 9.17) is 27.9 Å². The molecule has 3 aromatic carbocycles. The van der Waals surface area contributed by atoms with Crippen LogP contribution in [0.25, 0.3) is 0 Å². The van der Waals surface area contributed by atoms with E-state index in [1.54, 1.807) is 32.0 Å². The molecule has 0 aliphatic heterocycles. The quantitative estimate of drug-likeness (QED) is 0.216. The van der Waals surface area contributed by atoms with Crippen molar-refractivity contribution in [2.45, 2.75) is 64.1 Å². The summed E-state index contributed by atoms with van der Waals surface area (Å²) in [6.07, 6.45) is 0.906. The van der Waals surface area contributed by atoms with E-state index >= 15 is 0 Å². The molecule has 232 valence electrons. The molecule has 0 saturated heterocycles. The molecule has 0 aliphatic rings. The van der Waals surface area contributed by atoms with Gasteiger partial charge in [0.1, 0.15) is 24.2 Å². The van der Waals surface area contributed by atoms with Crippen LogP contribution in [0.3, 0.4) is 0 Å². The lowest BCUT2D eigenvalue weighted by atomic mass is 10.1. The molecule has 0 heterocycles. The number of rotatable bonds is 14. The van der Waals surface area contributed by atoms with Crippen LogP contribution >= 0.6 is 23.2 Å². The van der Waals surface area contributed by atoms with Crippen molar-refractivity contribution in [1.82, 2.24) is 10.2 Å². The highest BCUT2D eigenvalue weighted by molar-refractivity contribution is 7.92. The summed E-state index contributed by atoms with van der Waals surface area (Å²) in [5.41, 5.74) is 0.480. The van der Waals surface area contributed by atoms with Gasteiger partial charge < -0.3 is 15.0 Å². The van der Waals surface area contributed by atoms with Crippen molar-refractivity contribution in [3.05, 3.63) is 88.2 Å². The Bertz CT molecular complexity index is 1480. The fourth-order valence-corrected chi connectivity index (χ4v) is 6.28. The van der Waals surface area contributed by atoms with Gasteiger partial charge in [-0.05, 0) is 87.4 Å². The molecule has 43 heavy (non-hydrogen) atoms. The fourth-order valence-electron chi connectivity index (χ4n) is 4.35. The highest BCUT2D eigenvalue weighted by Crippen LogP contribution is 2.29. The number of nitrogens with one attached hydrogen (secondary N) is 1. The molecule has 0 radical (unpaired) electrons. The molecule has 0 bridgehead atoms. The van der Waals surface area contributed by atoms with Crippen molar-refractivity contribution in [1.29, 1.82) is 0 Å². The molecule has 0 aromatic heterocycles. The maximum Gasteiger partial charge on any atom is 0.264 e. The van der Waals surface area contributed by atoms with Crippen LogP contribution in [0.4, 0.5) is 10.1 Å². The third kappa shape index (κ3) is 8.61. The van der Waals surface area contributed by atoms with Crippen LogP contribution in [0.1, 0.15) is 46.1 Å². The Balaban J connectivity index is 2.09. The summed E-state index contributed by atoms with van der Waals surface area (Å²) in [7, 11) is -4.34. The third-order valence-corrected chi connectivity index (χ3v) is 9.39. The minimum Gasteiger partial charge on any atom is -0.494 e. The van der Waals surface area contributed by atoms with Crippen LogP contribution < -0.4 is 14.4 Å². The molecule has 12 heteroatoms. The predicted octanol–water partition coefficient (Wildman–Crippen LogP) is 6.45. The molecule has 1 N–H and O–H groups in total. The van der Waals surface area contributed by atoms with Crippen molar-refractivity contribution < 1.29 is 27.1 Å². The van der Waals surface area contributed by atoms with Crippen LogP contribution in [-0.4, -0.2) is 50.4 Å². The van der Waals surface area contributed by atoms with Crippen LogP contribution in [0, 0.1) is 5.82 Å². The Morgan fingerprint density at radius 3 is 2.07 bits per heavy atom. The molecule has 8 nitrogen and oxygen atoms in total. The number of benzene rings is 3. The first-order chi connectivity index (χ1) is 20.4. The first kappa shape index (κ1) is 34.2. The standard InChI is InChI=1S/C31H36Cl2FN3O5S/c1-5-21(4)35-31(39)29(6-2)36(19-26-27(32)9-8-10-28(26)33)30(38)20-37(23-13-11-22(34)12-14-23)43(40,41)25-17-15-24(16-18-25)42-7-3/h8-18,21,29H,5-7,19-20H2,1-4H3,(H,35,39). The molecule has 0 spiro atoms. The summed E-state index contributed by atoms with van der Waals surface area (Å²) < 4.78 is 48.1. The summed E-state index contributed by atoms with van der Waals surface area (Å²) >= 11 is 12.9. The summed E-state index contributed by atoms with van der Waals surface area (Å²) in [6, 6.07) is 14.3. The second-order valence-corrected chi connectivity index (χ2v) is 12.5. The number of carbonyl (C=O) groups is 2. The summed E-state index contributed by atoms with van der Waals surface area (Å²) in [6.45, 7) is 6.90. The molecule has 3 rings (SSSR count). The number of carbonyl (C=O) groups excluding carboxylic acids is 2. The zero-order valence-corrected chi connectivity index (χ0v) is 26.8. The van der Waals surface area contributed by atoms with Crippen LogP contribution in [0.15, 0.2) is 71.6 Å². The average molecular weight is 653 g/mol. The number of anilines is 1. The molecule has 0 saturated carbocycles. The van der Waals surface area contributed by atoms with E-state index in [0.717, 1.165) is 16.4 Å². The number of nitrogens with zero attached hydrogens (tertiary/aromatic N) is 2. The van der Waals surface area contributed by atoms with Crippen LogP contribution in [0.5, 0.6) is 5.75 Å². The molecule has 2 unspecified atom stereocenters. The number of amides is 2. The smallest absolute Gasteiger partial charge is 0.264 e. The number of halogens is 3. The highest BCUT2D eigenvalue weighted by Gasteiger charge is 2.34. The largest absolute Gasteiger partial charge is 0.494 e. The predicted molar refractivity (Wildman–Crippen MR) is 168 cm³/mol. The maximum atomic E-state index is 14.2. The van der Waals surface area contributed by atoms with Crippen molar-refractivity contribution >= 4 is 50.7 Å². The van der Waals surface area contributed by atoms with E-state index < -0.39 is 40.2 Å². The van der Waals surface area contributed by atoms with Gasteiger partial charge in [0.15, 0.2) is 0 Å². The molecule has 0 aliphatic carbocycles. The molecule has 2 atom stereocenters. The molecule has 2 amide bonds. The van der Waals surface area contributed by atoms with Gasteiger partial charge in [-0.1, -0.05) is 43.1 Å². The first-order valence-corrected chi connectivity index (χ1v) is 16.2. The van der Waals surface area contributed by atoms with E-state index in [1.807, 2.05) is 13.8 Å². The third-order valence-electron chi connectivity index (χ3n) is 6.89. The van der Waals surface area contributed by atoms with Crippen molar-refractivity contribution in [2.24, 2.45) is 0 Å². The van der Waals surface area contributed by atoms with Crippen LogP contribution in [0.2, 0.25) is 10.0 Å². The zero-order chi connectivity index (χ0) is 31.7. The summed E-state index contributed by atoms with van der Waals surface area (Å²) in [5, 5.41) is 3.49. The Kier molecular flexibility index (Phi) is 12.2. The van der Waals surface area contributed by atoms with Gasteiger partial charge in [-0.2, -0.15) is 0 Å². The Morgan fingerprint density at radius 2 is 1.53 bits per heavy atom. The monoisotopic (exact) mass is 651 g/mol. The normalized spacial score (nSPS) is 12.7. The molecule has 3 aromatic rings. The van der Waals surface area contributed by atoms with Crippen molar-refractivity contribution in [2.75, 3.05) is 17.5 Å². The zero-order valence-electron chi connectivity index (χ0n) is 24.5. The van der Waals surface area contributed by atoms with Gasteiger partial charge in [0.2, 0.25) is 11.8 Å². The highest BCUT2D eigenvalue weighted by atomic mass is 35.5. The van der Waals surface area contributed by atoms with Gasteiger partial charge >= 0.3 is 0 Å². The molecular weight excluding hydrogens is 616 g/mol. The van der Waals surface area contributed by atoms with E-state index in [2.05, 4.69) is 5.32 Å². The SMILES string of the molecule is CCOc1ccc(S(=O)(=O)N(CC(=O)N(Cc2c(Cl)cccc2Cl)C(CC)C(=O)NC(C)CC)c2ccc(F)cc2)cc1. The van der Waals surface area contributed by atoms with E-state index in [-0.39, 0.29) is 29.6 Å². The Labute approximate surface area is 262 Å². The van der Waals surface area contributed by atoms with Crippen molar-refractivity contribution in [3.63, 3.8) is 0 Å². The number of hydrogen-bond acceptors (Lipinski definition) is 5. The Hall–Kier alpha value is -3.34. The van der Waals surface area contributed by atoms with E-state index in [9.17, 15) is 22.4 Å². The molecule has 0 fully saturated rings. The average Bonchev–Trinajstić information content (AvgIpc) is 2.98. The topological polar surface area (TPSA) is 96.0 Å². The number of hydrogen-bond donors (Lipinski definition) is 1. The first-order valence-electron chi connectivity index (χ1n) is 14.0. The van der Waals surface area contributed by atoms with Gasteiger partial charge in [-0.15, -0.1) is 0 Å².